The summed E-state index contributed by atoms with van der Waals surface area (Å²) in [6.07, 6.45) is 2.09. The van der Waals surface area contributed by atoms with Crippen LogP contribution in [-0.4, -0.2) is 35.0 Å². The summed E-state index contributed by atoms with van der Waals surface area (Å²) in [5, 5.41) is 11.5. The monoisotopic (exact) mass is 342 g/mol. The van der Waals surface area contributed by atoms with Crippen molar-refractivity contribution in [3.8, 4) is 0 Å². The Bertz CT molecular complexity index is 767. The van der Waals surface area contributed by atoms with Crippen LogP contribution in [0, 0.1) is 16.0 Å². The number of nitrogen functional groups attached to an aromatic ring is 1. The molecule has 3 rings (SSSR count). The first-order valence-corrected chi connectivity index (χ1v) is 8.33. The van der Waals surface area contributed by atoms with Crippen LogP contribution in [0.25, 0.3) is 0 Å². The van der Waals surface area contributed by atoms with Crippen molar-refractivity contribution in [1.82, 2.24) is 9.97 Å². The number of piperidine rings is 1. The summed E-state index contributed by atoms with van der Waals surface area (Å²) in [4.78, 5) is 23.4. The second kappa shape index (κ2) is 6.92. The van der Waals surface area contributed by atoms with Gasteiger partial charge in [0.05, 0.1) is 4.92 Å². The van der Waals surface area contributed by atoms with Crippen LogP contribution in [0.4, 0.5) is 29.0 Å². The van der Waals surface area contributed by atoms with Gasteiger partial charge in [-0.25, -0.2) is 0 Å². The molecule has 1 aromatic carbocycles. The lowest BCUT2D eigenvalue weighted by Crippen LogP contribution is -2.35. The van der Waals surface area contributed by atoms with Gasteiger partial charge in [-0.2, -0.15) is 9.97 Å². The van der Waals surface area contributed by atoms with Gasteiger partial charge in [-0.05, 0) is 30.9 Å². The van der Waals surface area contributed by atoms with E-state index in [2.05, 4.69) is 16.9 Å². The Morgan fingerprint density at radius 1 is 1.32 bits per heavy atom. The summed E-state index contributed by atoms with van der Waals surface area (Å²) in [5.41, 5.74) is 6.61. The van der Waals surface area contributed by atoms with E-state index in [0.29, 0.717) is 17.7 Å². The lowest BCUT2D eigenvalue weighted by molar-refractivity contribution is -0.383. The van der Waals surface area contributed by atoms with E-state index in [1.807, 2.05) is 42.3 Å². The van der Waals surface area contributed by atoms with Crippen LogP contribution in [0.3, 0.4) is 0 Å². The summed E-state index contributed by atoms with van der Waals surface area (Å²) >= 11 is 0. The van der Waals surface area contributed by atoms with Crippen molar-refractivity contribution in [1.29, 1.82) is 0 Å². The van der Waals surface area contributed by atoms with Crippen molar-refractivity contribution < 1.29 is 4.92 Å². The minimum atomic E-state index is -0.490. The Labute approximate surface area is 146 Å². The molecule has 132 valence electrons. The molecule has 2 heterocycles. The Morgan fingerprint density at radius 3 is 2.68 bits per heavy atom. The first kappa shape index (κ1) is 16.9. The number of para-hydroxylation sites is 1. The van der Waals surface area contributed by atoms with Gasteiger partial charge < -0.3 is 15.5 Å². The van der Waals surface area contributed by atoms with Crippen LogP contribution in [0.2, 0.25) is 0 Å². The predicted octanol–water partition coefficient (Wildman–Crippen LogP) is 2.97. The molecule has 1 aliphatic rings. The minimum absolute atomic E-state index is 0.106. The van der Waals surface area contributed by atoms with E-state index < -0.39 is 4.92 Å². The maximum Gasteiger partial charge on any atom is 0.353 e. The van der Waals surface area contributed by atoms with Crippen molar-refractivity contribution in [3.05, 3.63) is 40.4 Å². The highest BCUT2D eigenvalue weighted by molar-refractivity contribution is 5.72. The molecule has 1 fully saturated rings. The Morgan fingerprint density at radius 2 is 2.04 bits per heavy atom. The van der Waals surface area contributed by atoms with Gasteiger partial charge >= 0.3 is 5.69 Å². The molecule has 1 saturated heterocycles. The van der Waals surface area contributed by atoms with Crippen LogP contribution in [0.5, 0.6) is 0 Å². The number of anilines is 4. The normalized spacial score (nSPS) is 17.4. The van der Waals surface area contributed by atoms with E-state index >= 15 is 0 Å². The number of hydrogen-bond donors (Lipinski definition) is 1. The van der Waals surface area contributed by atoms with Crippen LogP contribution in [-0.2, 0) is 0 Å². The van der Waals surface area contributed by atoms with Crippen LogP contribution in [0.15, 0.2) is 30.3 Å². The average Bonchev–Trinajstić information content (AvgIpc) is 2.60. The van der Waals surface area contributed by atoms with Gasteiger partial charge in [0.1, 0.15) is 0 Å². The second-order valence-corrected chi connectivity index (χ2v) is 6.43. The fourth-order valence-electron chi connectivity index (χ4n) is 3.14. The highest BCUT2D eigenvalue weighted by Gasteiger charge is 2.30. The predicted molar refractivity (Wildman–Crippen MR) is 98.2 cm³/mol. The van der Waals surface area contributed by atoms with Gasteiger partial charge in [0.25, 0.3) is 0 Å². The Hall–Kier alpha value is -2.90. The third-order valence-corrected chi connectivity index (χ3v) is 4.46. The van der Waals surface area contributed by atoms with Crippen LogP contribution in [0.1, 0.15) is 19.8 Å². The summed E-state index contributed by atoms with van der Waals surface area (Å²) in [6.45, 7) is 3.60. The number of hydrogen-bond acceptors (Lipinski definition) is 7. The molecule has 0 spiro atoms. The van der Waals surface area contributed by atoms with Crippen molar-refractivity contribution in [2.75, 3.05) is 35.7 Å². The molecule has 25 heavy (non-hydrogen) atoms. The SMILES string of the molecule is C[C@H]1CCCN(c2nc(N(C)c3ccccc3)nc(N)c2[N+](=O)[O-])C1. The molecule has 2 aromatic rings. The van der Waals surface area contributed by atoms with Crippen LogP contribution < -0.4 is 15.5 Å². The van der Waals surface area contributed by atoms with Crippen molar-refractivity contribution >= 4 is 29.0 Å². The van der Waals surface area contributed by atoms with E-state index in [1.54, 1.807) is 4.90 Å². The van der Waals surface area contributed by atoms with Crippen molar-refractivity contribution in [2.45, 2.75) is 19.8 Å². The van der Waals surface area contributed by atoms with Gasteiger partial charge in [0, 0.05) is 25.8 Å². The minimum Gasteiger partial charge on any atom is -0.378 e. The summed E-state index contributed by atoms with van der Waals surface area (Å²) in [7, 11) is 1.82. The van der Waals surface area contributed by atoms with Crippen molar-refractivity contribution in [2.24, 2.45) is 5.92 Å². The molecule has 8 heteroatoms. The Balaban J connectivity index is 2.05. The molecule has 0 radical (unpaired) electrons. The van der Waals surface area contributed by atoms with Crippen LogP contribution >= 0.6 is 0 Å². The molecule has 0 bridgehead atoms. The van der Waals surface area contributed by atoms with Crippen molar-refractivity contribution in [3.63, 3.8) is 0 Å². The van der Waals surface area contributed by atoms with Gasteiger partial charge in [0.2, 0.25) is 17.6 Å². The number of benzene rings is 1. The topological polar surface area (TPSA) is 101 Å². The lowest BCUT2D eigenvalue weighted by atomic mass is 10.0. The molecule has 0 aliphatic carbocycles. The third kappa shape index (κ3) is 3.47. The maximum atomic E-state index is 11.5. The molecule has 8 nitrogen and oxygen atoms in total. The maximum absolute atomic E-state index is 11.5. The first-order chi connectivity index (χ1) is 12.0. The van der Waals surface area contributed by atoms with E-state index in [-0.39, 0.29) is 11.5 Å². The zero-order valence-electron chi connectivity index (χ0n) is 14.4. The Kier molecular flexibility index (Phi) is 4.69. The van der Waals surface area contributed by atoms with E-state index in [4.69, 9.17) is 5.73 Å². The molecular weight excluding hydrogens is 320 g/mol. The second-order valence-electron chi connectivity index (χ2n) is 6.43. The quantitative estimate of drug-likeness (QED) is 0.673. The molecule has 0 amide bonds. The number of nitro groups is 1. The van der Waals surface area contributed by atoms with Gasteiger partial charge in [-0.3, -0.25) is 10.1 Å². The first-order valence-electron chi connectivity index (χ1n) is 8.33. The van der Waals surface area contributed by atoms with E-state index in [1.165, 1.54) is 0 Å². The number of nitrogens with zero attached hydrogens (tertiary/aromatic N) is 5. The summed E-state index contributed by atoms with van der Waals surface area (Å²) < 4.78 is 0. The standard InChI is InChI=1S/C17H22N6O2/c1-12-7-6-10-22(11-12)16-14(23(24)25)15(18)19-17(20-16)21(2)13-8-4-3-5-9-13/h3-5,8-9,12H,6-7,10-11H2,1-2H3,(H2,18,19,20)/t12-/m0/s1. The molecule has 1 aliphatic heterocycles. The molecule has 0 unspecified atom stereocenters. The highest BCUT2D eigenvalue weighted by atomic mass is 16.6. The summed E-state index contributed by atoms with van der Waals surface area (Å²) in [6, 6.07) is 9.58. The number of nitrogens with two attached hydrogens (primary N) is 1. The fraction of sp³-hybridized carbons (Fsp3) is 0.412. The molecule has 1 atom stereocenters. The smallest absolute Gasteiger partial charge is 0.353 e. The molecular formula is C17H22N6O2. The third-order valence-electron chi connectivity index (χ3n) is 4.46. The number of aromatic nitrogens is 2. The van der Waals surface area contributed by atoms with Gasteiger partial charge in [-0.15, -0.1) is 0 Å². The van der Waals surface area contributed by atoms with E-state index in [9.17, 15) is 10.1 Å². The van der Waals surface area contributed by atoms with E-state index in [0.717, 1.165) is 31.6 Å². The molecule has 2 N–H and O–H groups in total. The lowest BCUT2D eigenvalue weighted by Gasteiger charge is -2.32. The molecule has 0 saturated carbocycles. The molecule has 1 aromatic heterocycles. The zero-order valence-corrected chi connectivity index (χ0v) is 14.4. The highest BCUT2D eigenvalue weighted by Crippen LogP contribution is 2.35. The summed E-state index contributed by atoms with van der Waals surface area (Å²) in [5.74, 6) is 1.01. The zero-order chi connectivity index (χ0) is 18.0. The largest absolute Gasteiger partial charge is 0.378 e. The van der Waals surface area contributed by atoms with Gasteiger partial charge in [0.15, 0.2) is 0 Å². The average molecular weight is 342 g/mol. The number of rotatable bonds is 4. The van der Waals surface area contributed by atoms with Gasteiger partial charge in [-0.1, -0.05) is 25.1 Å². The fourth-order valence-corrected chi connectivity index (χ4v) is 3.14.